The third-order valence-corrected chi connectivity index (χ3v) is 5.75. The summed E-state index contributed by atoms with van der Waals surface area (Å²) in [4.78, 5) is 33.5. The summed E-state index contributed by atoms with van der Waals surface area (Å²) in [7, 11) is 0. The maximum Gasteiger partial charge on any atom is 0.259 e. The first-order valence-electron chi connectivity index (χ1n) is 10.5. The number of rotatable bonds is 6. The van der Waals surface area contributed by atoms with Crippen LogP contribution in [0.2, 0.25) is 5.02 Å². The molecule has 1 N–H and O–H groups in total. The molecule has 0 atom stereocenters. The molecule has 1 aliphatic rings. The summed E-state index contributed by atoms with van der Waals surface area (Å²) in [6.45, 7) is 4.38. The molecule has 0 bridgehead atoms. The largest absolute Gasteiger partial charge is 0.323 e. The summed E-state index contributed by atoms with van der Waals surface area (Å²) in [6, 6.07) is 16.6. The van der Waals surface area contributed by atoms with Crippen molar-refractivity contribution in [1.82, 2.24) is 14.5 Å². The van der Waals surface area contributed by atoms with Gasteiger partial charge in [-0.25, -0.2) is 4.98 Å². The molecule has 3 aromatic rings. The van der Waals surface area contributed by atoms with Gasteiger partial charge in [-0.3, -0.25) is 19.1 Å². The van der Waals surface area contributed by atoms with Crippen LogP contribution in [0.5, 0.6) is 0 Å². The van der Waals surface area contributed by atoms with Crippen LogP contribution in [0.3, 0.4) is 0 Å². The van der Waals surface area contributed by atoms with E-state index in [0.717, 1.165) is 37.2 Å². The Morgan fingerprint density at radius 2 is 1.87 bits per heavy atom. The van der Waals surface area contributed by atoms with Gasteiger partial charge in [0.1, 0.15) is 12.4 Å². The summed E-state index contributed by atoms with van der Waals surface area (Å²) < 4.78 is 1.48. The van der Waals surface area contributed by atoms with Gasteiger partial charge in [0.25, 0.3) is 5.56 Å². The minimum absolute atomic E-state index is 0.137. The Hall–Kier alpha value is -2.96. The Kier molecular flexibility index (Phi) is 6.49. The Labute approximate surface area is 186 Å². The van der Waals surface area contributed by atoms with Gasteiger partial charge in [-0.15, -0.1) is 0 Å². The number of carbonyl (C=O) groups excluding carboxylic acids is 1. The van der Waals surface area contributed by atoms with Crippen LogP contribution < -0.4 is 10.9 Å². The van der Waals surface area contributed by atoms with E-state index >= 15 is 0 Å². The lowest BCUT2D eigenvalue weighted by atomic mass is 10.1. The first-order valence-corrected chi connectivity index (χ1v) is 10.9. The number of amides is 1. The van der Waals surface area contributed by atoms with Crippen LogP contribution in [0.15, 0.2) is 59.4 Å². The monoisotopic (exact) mass is 436 g/mol. The first-order chi connectivity index (χ1) is 15.1. The summed E-state index contributed by atoms with van der Waals surface area (Å²) in [5, 5.41) is 3.25. The van der Waals surface area contributed by atoms with Gasteiger partial charge in [0, 0.05) is 25.1 Å². The smallest absolute Gasteiger partial charge is 0.259 e. The fourth-order valence-corrected chi connectivity index (χ4v) is 4.11. The van der Waals surface area contributed by atoms with Gasteiger partial charge in [-0.05, 0) is 25.1 Å². The first kappa shape index (κ1) is 21.3. The molecule has 0 radical (unpaired) electrons. The van der Waals surface area contributed by atoms with Crippen LogP contribution in [0.4, 0.5) is 5.69 Å². The standard InChI is InChI=1S/C24H25ClN4O2/c1-2-13-28-14-12-20-18(15-28)24(31)29(23(27-20)17-8-4-3-5-9-17)16-22(30)26-21-11-7-6-10-19(21)25/h3-11H,2,12-16H2,1H3,(H,26,30). The number of nitrogens with zero attached hydrogens (tertiary/aromatic N) is 3. The zero-order chi connectivity index (χ0) is 21.8. The molecule has 7 heteroatoms. The number of nitrogens with one attached hydrogen (secondary N) is 1. The normalized spacial score (nSPS) is 13.6. The van der Waals surface area contributed by atoms with Crippen LogP contribution in [-0.2, 0) is 24.3 Å². The minimum atomic E-state index is -0.324. The number of hydrogen-bond donors (Lipinski definition) is 1. The Morgan fingerprint density at radius 1 is 1.13 bits per heavy atom. The summed E-state index contributed by atoms with van der Waals surface area (Å²) in [5.41, 5.74) is 2.69. The van der Waals surface area contributed by atoms with Crippen molar-refractivity contribution in [2.24, 2.45) is 0 Å². The number of carbonyl (C=O) groups is 1. The fraction of sp³-hybridized carbons (Fsp3) is 0.292. The quantitative estimate of drug-likeness (QED) is 0.634. The Bertz CT molecular complexity index is 1140. The molecule has 0 aliphatic carbocycles. The topological polar surface area (TPSA) is 67.2 Å². The SMILES string of the molecule is CCCN1CCc2nc(-c3ccccc3)n(CC(=O)Nc3ccccc3Cl)c(=O)c2C1. The molecule has 0 fully saturated rings. The molecular weight excluding hydrogens is 412 g/mol. The van der Waals surface area contributed by atoms with Gasteiger partial charge >= 0.3 is 0 Å². The molecule has 0 saturated carbocycles. The van der Waals surface area contributed by atoms with Crippen LogP contribution >= 0.6 is 11.6 Å². The number of para-hydroxylation sites is 1. The number of hydrogen-bond acceptors (Lipinski definition) is 4. The molecule has 160 valence electrons. The van der Waals surface area contributed by atoms with Crippen molar-refractivity contribution in [3.8, 4) is 11.4 Å². The van der Waals surface area contributed by atoms with Crippen molar-refractivity contribution in [3.63, 3.8) is 0 Å². The highest BCUT2D eigenvalue weighted by Crippen LogP contribution is 2.23. The lowest BCUT2D eigenvalue weighted by molar-refractivity contribution is -0.116. The van der Waals surface area contributed by atoms with Crippen LogP contribution in [-0.4, -0.2) is 33.4 Å². The maximum absolute atomic E-state index is 13.5. The van der Waals surface area contributed by atoms with Gasteiger partial charge < -0.3 is 5.32 Å². The molecule has 2 aromatic carbocycles. The van der Waals surface area contributed by atoms with Gasteiger partial charge in [-0.2, -0.15) is 0 Å². The molecule has 0 spiro atoms. The fourth-order valence-electron chi connectivity index (χ4n) is 3.93. The van der Waals surface area contributed by atoms with Crippen molar-refractivity contribution < 1.29 is 4.79 Å². The third kappa shape index (κ3) is 4.70. The Morgan fingerprint density at radius 3 is 2.61 bits per heavy atom. The number of halogens is 1. The van der Waals surface area contributed by atoms with Gasteiger partial charge in [0.2, 0.25) is 5.91 Å². The summed E-state index contributed by atoms with van der Waals surface area (Å²) in [6.07, 6.45) is 1.76. The van der Waals surface area contributed by atoms with E-state index in [4.69, 9.17) is 16.6 Å². The van der Waals surface area contributed by atoms with Crippen molar-refractivity contribution in [2.75, 3.05) is 18.4 Å². The van der Waals surface area contributed by atoms with E-state index in [2.05, 4.69) is 17.1 Å². The number of fused-ring (bicyclic) bond motifs is 1. The predicted molar refractivity (Wildman–Crippen MR) is 123 cm³/mol. The average Bonchev–Trinajstić information content (AvgIpc) is 2.78. The number of benzene rings is 2. The second kappa shape index (κ2) is 9.45. The average molecular weight is 437 g/mol. The minimum Gasteiger partial charge on any atom is -0.323 e. The molecule has 1 aliphatic heterocycles. The lowest BCUT2D eigenvalue weighted by Gasteiger charge is -2.28. The second-order valence-corrected chi connectivity index (χ2v) is 8.08. The van der Waals surface area contributed by atoms with E-state index in [1.54, 1.807) is 24.3 Å². The second-order valence-electron chi connectivity index (χ2n) is 7.67. The molecule has 0 unspecified atom stereocenters. The van der Waals surface area contributed by atoms with Crippen molar-refractivity contribution in [3.05, 3.63) is 81.2 Å². The molecule has 1 amide bonds. The number of anilines is 1. The Balaban J connectivity index is 1.72. The van der Waals surface area contributed by atoms with E-state index in [1.165, 1.54) is 4.57 Å². The molecule has 6 nitrogen and oxygen atoms in total. The van der Waals surface area contributed by atoms with Gasteiger partial charge in [-0.1, -0.05) is 61.0 Å². The van der Waals surface area contributed by atoms with Crippen LogP contribution in [0, 0.1) is 0 Å². The van der Waals surface area contributed by atoms with E-state index in [-0.39, 0.29) is 18.0 Å². The zero-order valence-corrected chi connectivity index (χ0v) is 18.2. The van der Waals surface area contributed by atoms with Gasteiger partial charge in [0.15, 0.2) is 0 Å². The predicted octanol–water partition coefficient (Wildman–Crippen LogP) is 3.97. The highest BCUT2D eigenvalue weighted by Gasteiger charge is 2.24. The van der Waals surface area contributed by atoms with E-state index in [9.17, 15) is 9.59 Å². The van der Waals surface area contributed by atoms with Crippen LogP contribution in [0.25, 0.3) is 11.4 Å². The third-order valence-electron chi connectivity index (χ3n) is 5.42. The zero-order valence-electron chi connectivity index (χ0n) is 17.5. The van der Waals surface area contributed by atoms with Crippen molar-refractivity contribution in [1.29, 1.82) is 0 Å². The van der Waals surface area contributed by atoms with Crippen molar-refractivity contribution >= 4 is 23.2 Å². The highest BCUT2D eigenvalue weighted by atomic mass is 35.5. The van der Waals surface area contributed by atoms with E-state index in [0.29, 0.717) is 28.6 Å². The van der Waals surface area contributed by atoms with Crippen molar-refractivity contribution in [2.45, 2.75) is 32.9 Å². The van der Waals surface area contributed by atoms with Crippen LogP contribution in [0.1, 0.15) is 24.6 Å². The van der Waals surface area contributed by atoms with Gasteiger partial charge in [0.05, 0.1) is 22.0 Å². The molecule has 4 rings (SSSR count). The number of aromatic nitrogens is 2. The summed E-state index contributed by atoms with van der Waals surface area (Å²) >= 11 is 6.17. The lowest BCUT2D eigenvalue weighted by Crippen LogP contribution is -2.40. The molecule has 2 heterocycles. The molecular formula is C24H25ClN4O2. The highest BCUT2D eigenvalue weighted by molar-refractivity contribution is 6.33. The van der Waals surface area contributed by atoms with E-state index in [1.807, 2.05) is 30.3 Å². The molecule has 1 aromatic heterocycles. The summed E-state index contributed by atoms with van der Waals surface area (Å²) in [5.74, 6) is 0.193. The molecule has 0 saturated heterocycles. The van der Waals surface area contributed by atoms with E-state index < -0.39 is 0 Å². The molecule has 31 heavy (non-hydrogen) atoms. The maximum atomic E-state index is 13.5.